The van der Waals surface area contributed by atoms with Crippen molar-refractivity contribution < 1.29 is 24.6 Å². The Hall–Kier alpha value is -3.88. The normalized spacial score (nSPS) is 15.1. The van der Waals surface area contributed by atoms with Gasteiger partial charge in [-0.25, -0.2) is 0 Å². The summed E-state index contributed by atoms with van der Waals surface area (Å²) < 4.78 is 0. The van der Waals surface area contributed by atoms with Crippen LogP contribution in [0.5, 0.6) is 5.75 Å². The minimum absolute atomic E-state index is 0.0592. The molecule has 37 heavy (non-hydrogen) atoms. The zero-order valence-corrected chi connectivity index (χ0v) is 21.4. The molecule has 198 valence electrons. The van der Waals surface area contributed by atoms with Gasteiger partial charge >= 0.3 is 5.97 Å². The number of nitrogens with zero attached hydrogens (tertiary/aromatic N) is 1. The molecule has 0 saturated carbocycles. The van der Waals surface area contributed by atoms with Crippen molar-refractivity contribution in [1.29, 1.82) is 5.41 Å². The molecule has 0 aliphatic carbocycles. The number of amidine groups is 1. The number of carboxylic acid groups (broad SMARTS) is 1. The van der Waals surface area contributed by atoms with E-state index >= 15 is 0 Å². The van der Waals surface area contributed by atoms with Gasteiger partial charge in [-0.2, -0.15) is 0 Å². The van der Waals surface area contributed by atoms with Gasteiger partial charge in [-0.15, -0.1) is 0 Å². The summed E-state index contributed by atoms with van der Waals surface area (Å²) in [4.78, 5) is 39.7. The molecule has 9 heteroatoms. The number of amides is 2. The van der Waals surface area contributed by atoms with Crippen LogP contribution in [-0.2, 0) is 16.0 Å². The molecule has 1 unspecified atom stereocenters. The molecule has 9 nitrogen and oxygen atoms in total. The van der Waals surface area contributed by atoms with E-state index in [-0.39, 0.29) is 35.7 Å². The van der Waals surface area contributed by atoms with Gasteiger partial charge in [-0.3, -0.25) is 19.8 Å². The molecule has 0 bridgehead atoms. The van der Waals surface area contributed by atoms with Crippen molar-refractivity contribution in [2.75, 3.05) is 13.1 Å². The number of piperidine rings is 1. The first kappa shape index (κ1) is 27.7. The van der Waals surface area contributed by atoms with Crippen LogP contribution < -0.4 is 11.1 Å². The first-order valence-electron chi connectivity index (χ1n) is 12.5. The van der Waals surface area contributed by atoms with Crippen LogP contribution >= 0.6 is 0 Å². The summed E-state index contributed by atoms with van der Waals surface area (Å²) in [6.45, 7) is 4.62. The van der Waals surface area contributed by atoms with Crippen molar-refractivity contribution in [3.8, 4) is 5.75 Å². The van der Waals surface area contributed by atoms with Crippen LogP contribution in [0.4, 0.5) is 0 Å². The first-order valence-corrected chi connectivity index (χ1v) is 12.5. The van der Waals surface area contributed by atoms with E-state index in [0.29, 0.717) is 49.9 Å². The summed E-state index contributed by atoms with van der Waals surface area (Å²) in [5, 5.41) is 29.5. The van der Waals surface area contributed by atoms with Crippen molar-refractivity contribution in [3.63, 3.8) is 0 Å². The van der Waals surface area contributed by atoms with E-state index in [1.165, 1.54) is 0 Å². The van der Waals surface area contributed by atoms with Gasteiger partial charge < -0.3 is 26.2 Å². The number of aliphatic carboxylic acids is 1. The number of aryl methyl sites for hydroxylation is 1. The minimum Gasteiger partial charge on any atom is -0.508 e. The zero-order chi connectivity index (χ0) is 27.2. The molecule has 0 spiro atoms. The van der Waals surface area contributed by atoms with E-state index < -0.39 is 17.4 Å². The number of carbonyl (C=O) groups excluding carboxylic acids is 2. The number of hydrogen-bond donors (Lipinski definition) is 5. The van der Waals surface area contributed by atoms with Gasteiger partial charge in [0, 0.05) is 36.7 Å². The number of carbonyl (C=O) groups is 3. The molecule has 2 aromatic rings. The molecule has 0 radical (unpaired) electrons. The number of phenols is 1. The van der Waals surface area contributed by atoms with Crippen LogP contribution in [0, 0.1) is 16.7 Å². The van der Waals surface area contributed by atoms with Gasteiger partial charge in [-0.1, -0.05) is 24.3 Å². The van der Waals surface area contributed by atoms with Crippen molar-refractivity contribution in [1.82, 2.24) is 10.2 Å². The lowest BCUT2D eigenvalue weighted by atomic mass is 9.79. The first-order chi connectivity index (χ1) is 17.5. The third kappa shape index (κ3) is 7.31. The molecular weight excluding hydrogens is 472 g/mol. The van der Waals surface area contributed by atoms with E-state index in [1.807, 2.05) is 19.9 Å². The standard InChI is InChI=1S/C28H36N4O5/c1-28(2,27(37)32-14-12-19(13-15-32)17-24(34)35)23(11-6-18-4-3-5-22(33)16-18)31-26(36)21-9-7-20(8-10-21)25(29)30/h3-5,7-10,16,19,23,33H,6,11-15,17H2,1-2H3,(H3,29,30)(H,31,36)(H,34,35). The van der Waals surface area contributed by atoms with Crippen molar-refractivity contribution in [2.24, 2.45) is 17.1 Å². The molecule has 1 aliphatic rings. The predicted molar refractivity (Wildman–Crippen MR) is 140 cm³/mol. The summed E-state index contributed by atoms with van der Waals surface area (Å²) in [5.74, 6) is -1.12. The van der Waals surface area contributed by atoms with Crippen molar-refractivity contribution in [2.45, 2.75) is 52.0 Å². The fraction of sp³-hybridized carbons (Fsp3) is 0.429. The average Bonchev–Trinajstić information content (AvgIpc) is 2.86. The summed E-state index contributed by atoms with van der Waals surface area (Å²) in [7, 11) is 0. The van der Waals surface area contributed by atoms with Gasteiger partial charge in [0.1, 0.15) is 11.6 Å². The van der Waals surface area contributed by atoms with Gasteiger partial charge in [0.25, 0.3) is 5.91 Å². The number of hydrogen-bond acceptors (Lipinski definition) is 5. The minimum atomic E-state index is -0.939. The molecule has 2 aromatic carbocycles. The Morgan fingerprint density at radius 2 is 1.73 bits per heavy atom. The van der Waals surface area contributed by atoms with Crippen LogP contribution in [0.15, 0.2) is 48.5 Å². The maximum atomic E-state index is 13.7. The van der Waals surface area contributed by atoms with Gasteiger partial charge in [0.2, 0.25) is 5.91 Å². The van der Waals surface area contributed by atoms with E-state index in [4.69, 9.17) is 16.2 Å². The molecule has 1 heterocycles. The Kier molecular flexibility index (Phi) is 8.91. The number of rotatable bonds is 10. The van der Waals surface area contributed by atoms with Gasteiger partial charge in [0.15, 0.2) is 0 Å². The fourth-order valence-electron chi connectivity index (χ4n) is 4.82. The van der Waals surface area contributed by atoms with Crippen molar-refractivity contribution >= 4 is 23.6 Å². The number of nitrogens with one attached hydrogen (secondary N) is 2. The van der Waals surface area contributed by atoms with Crippen LogP contribution in [0.3, 0.4) is 0 Å². The molecular formula is C28H36N4O5. The molecule has 3 rings (SSSR count). The maximum Gasteiger partial charge on any atom is 0.303 e. The molecule has 6 N–H and O–H groups in total. The van der Waals surface area contributed by atoms with Gasteiger partial charge in [-0.05, 0) is 75.3 Å². The average molecular weight is 509 g/mol. The molecule has 2 amide bonds. The number of carboxylic acids is 1. The highest BCUT2D eigenvalue weighted by atomic mass is 16.4. The Morgan fingerprint density at radius 3 is 2.30 bits per heavy atom. The molecule has 1 atom stereocenters. The Morgan fingerprint density at radius 1 is 1.11 bits per heavy atom. The molecule has 1 saturated heterocycles. The smallest absolute Gasteiger partial charge is 0.303 e. The predicted octanol–water partition coefficient (Wildman–Crippen LogP) is 3.15. The zero-order valence-electron chi connectivity index (χ0n) is 21.4. The summed E-state index contributed by atoms with van der Waals surface area (Å²) in [6, 6.07) is 12.8. The number of phenolic OH excluding ortho intramolecular Hbond substituents is 1. The second-order valence-corrected chi connectivity index (χ2v) is 10.3. The third-order valence-electron chi connectivity index (χ3n) is 7.18. The Balaban J connectivity index is 1.77. The lowest BCUT2D eigenvalue weighted by Gasteiger charge is -2.40. The highest BCUT2D eigenvalue weighted by molar-refractivity contribution is 5.98. The second-order valence-electron chi connectivity index (χ2n) is 10.3. The number of nitrogen functional groups attached to an aromatic ring is 1. The third-order valence-corrected chi connectivity index (χ3v) is 7.18. The highest BCUT2D eigenvalue weighted by Crippen LogP contribution is 2.31. The van der Waals surface area contributed by atoms with E-state index in [9.17, 15) is 19.5 Å². The fourth-order valence-corrected chi connectivity index (χ4v) is 4.82. The lowest BCUT2D eigenvalue weighted by molar-refractivity contribution is -0.144. The van der Waals surface area contributed by atoms with Crippen LogP contribution in [0.2, 0.25) is 0 Å². The second kappa shape index (κ2) is 11.9. The summed E-state index contributed by atoms with van der Waals surface area (Å²) >= 11 is 0. The molecule has 1 aliphatic heterocycles. The Labute approximate surface area is 217 Å². The highest BCUT2D eigenvalue weighted by Gasteiger charge is 2.41. The monoisotopic (exact) mass is 508 g/mol. The van der Waals surface area contributed by atoms with Crippen LogP contribution in [0.25, 0.3) is 0 Å². The SMILES string of the molecule is CC(C)(C(=O)N1CCC(CC(=O)O)CC1)C(CCc1cccc(O)c1)NC(=O)c1ccc(C(=N)N)cc1. The number of likely N-dealkylation sites (tertiary alicyclic amines) is 1. The van der Waals surface area contributed by atoms with E-state index in [1.54, 1.807) is 47.4 Å². The number of benzene rings is 2. The van der Waals surface area contributed by atoms with Gasteiger partial charge in [0.05, 0.1) is 5.41 Å². The maximum absolute atomic E-state index is 13.7. The topological polar surface area (TPSA) is 157 Å². The molecule has 0 aromatic heterocycles. The van der Waals surface area contributed by atoms with E-state index in [0.717, 1.165) is 5.56 Å². The summed E-state index contributed by atoms with van der Waals surface area (Å²) in [6.07, 6.45) is 2.39. The summed E-state index contributed by atoms with van der Waals surface area (Å²) in [5.41, 5.74) is 6.37. The van der Waals surface area contributed by atoms with Crippen LogP contribution in [-0.4, -0.2) is 57.9 Å². The van der Waals surface area contributed by atoms with E-state index in [2.05, 4.69) is 5.32 Å². The van der Waals surface area contributed by atoms with Crippen molar-refractivity contribution in [3.05, 3.63) is 65.2 Å². The Bertz CT molecular complexity index is 1140. The largest absolute Gasteiger partial charge is 0.508 e. The number of nitrogens with two attached hydrogens (primary N) is 1. The lowest BCUT2D eigenvalue weighted by Crippen LogP contribution is -2.55. The number of aromatic hydroxyl groups is 1. The quantitative estimate of drug-likeness (QED) is 0.245. The van der Waals surface area contributed by atoms with Crippen LogP contribution in [0.1, 0.15) is 61.0 Å². The molecule has 1 fully saturated rings.